The van der Waals surface area contributed by atoms with E-state index in [1.54, 1.807) is 12.0 Å². The van der Waals surface area contributed by atoms with Crippen molar-refractivity contribution < 1.29 is 13.5 Å². The topological polar surface area (TPSA) is 38.5 Å². The van der Waals surface area contributed by atoms with Crippen LogP contribution in [0.25, 0.3) is 0 Å². The Morgan fingerprint density at radius 3 is 2.63 bits per heavy atom. The molecule has 106 valence electrons. The standard InChI is InChI=1S/C14H20F2N2O/c1-19-11-3-2-6-18(9-11)14-12(15)7-10(4-5-17)8-13(14)16/h7-8,11H,2-6,9,17H2,1H3. The predicted octanol–water partition coefficient (Wildman–Crippen LogP) is 2.08. The van der Waals surface area contributed by atoms with Crippen LogP contribution in [0.1, 0.15) is 18.4 Å². The van der Waals surface area contributed by atoms with Crippen LogP contribution in [0, 0.1) is 11.6 Å². The lowest BCUT2D eigenvalue weighted by atomic mass is 10.1. The second-order valence-electron chi connectivity index (χ2n) is 4.89. The Labute approximate surface area is 112 Å². The van der Waals surface area contributed by atoms with E-state index < -0.39 is 11.6 Å². The van der Waals surface area contributed by atoms with Gasteiger partial charge in [0.05, 0.1) is 6.10 Å². The van der Waals surface area contributed by atoms with Crippen molar-refractivity contribution in [2.24, 2.45) is 5.73 Å². The van der Waals surface area contributed by atoms with Gasteiger partial charge >= 0.3 is 0 Å². The maximum Gasteiger partial charge on any atom is 0.149 e. The molecule has 0 bridgehead atoms. The average Bonchev–Trinajstić information content (AvgIpc) is 2.38. The molecule has 1 aromatic carbocycles. The number of anilines is 1. The molecule has 1 fully saturated rings. The lowest BCUT2D eigenvalue weighted by Gasteiger charge is -2.34. The lowest BCUT2D eigenvalue weighted by molar-refractivity contribution is 0.0890. The fourth-order valence-corrected chi connectivity index (χ4v) is 2.56. The zero-order valence-corrected chi connectivity index (χ0v) is 11.2. The summed E-state index contributed by atoms with van der Waals surface area (Å²) in [4.78, 5) is 1.73. The van der Waals surface area contributed by atoms with E-state index >= 15 is 0 Å². The fraction of sp³-hybridized carbons (Fsp3) is 0.571. The maximum absolute atomic E-state index is 14.1. The van der Waals surface area contributed by atoms with Gasteiger partial charge < -0.3 is 15.4 Å². The van der Waals surface area contributed by atoms with Gasteiger partial charge in [0.15, 0.2) is 0 Å². The van der Waals surface area contributed by atoms with Gasteiger partial charge in [-0.2, -0.15) is 0 Å². The van der Waals surface area contributed by atoms with Gasteiger partial charge in [-0.25, -0.2) is 8.78 Å². The molecule has 1 atom stereocenters. The first-order chi connectivity index (χ1) is 9.15. The molecule has 1 unspecified atom stereocenters. The van der Waals surface area contributed by atoms with Crippen LogP contribution >= 0.6 is 0 Å². The van der Waals surface area contributed by atoms with Crippen molar-refractivity contribution >= 4 is 5.69 Å². The summed E-state index contributed by atoms with van der Waals surface area (Å²) in [5.41, 5.74) is 6.06. The number of benzene rings is 1. The van der Waals surface area contributed by atoms with Crippen molar-refractivity contribution in [3.05, 3.63) is 29.3 Å². The van der Waals surface area contributed by atoms with Crippen molar-refractivity contribution in [2.75, 3.05) is 31.6 Å². The third kappa shape index (κ3) is 3.22. The van der Waals surface area contributed by atoms with E-state index in [4.69, 9.17) is 10.5 Å². The zero-order valence-electron chi connectivity index (χ0n) is 11.2. The van der Waals surface area contributed by atoms with Gasteiger partial charge in [-0.05, 0) is 43.5 Å². The molecule has 0 saturated carbocycles. The molecule has 1 aliphatic heterocycles. The summed E-state index contributed by atoms with van der Waals surface area (Å²) in [5, 5.41) is 0. The third-order valence-corrected chi connectivity index (χ3v) is 3.54. The Bertz CT molecular complexity index is 416. The van der Waals surface area contributed by atoms with Crippen LogP contribution in [-0.2, 0) is 11.2 Å². The first-order valence-corrected chi connectivity index (χ1v) is 6.61. The second kappa shape index (κ2) is 6.30. The average molecular weight is 270 g/mol. The molecule has 0 radical (unpaired) electrons. The van der Waals surface area contributed by atoms with Crippen molar-refractivity contribution in [3.8, 4) is 0 Å². The number of hydrogen-bond donors (Lipinski definition) is 1. The molecule has 5 heteroatoms. The van der Waals surface area contributed by atoms with Crippen molar-refractivity contribution in [1.29, 1.82) is 0 Å². The fourth-order valence-electron chi connectivity index (χ4n) is 2.56. The molecule has 1 aliphatic rings. The summed E-state index contributed by atoms with van der Waals surface area (Å²) in [6.45, 7) is 1.57. The number of halogens is 2. The Kier molecular flexibility index (Phi) is 4.71. The van der Waals surface area contributed by atoms with E-state index in [9.17, 15) is 8.78 Å². The van der Waals surface area contributed by atoms with E-state index in [0.717, 1.165) is 12.8 Å². The number of ether oxygens (including phenoxy) is 1. The Morgan fingerprint density at radius 1 is 1.37 bits per heavy atom. The third-order valence-electron chi connectivity index (χ3n) is 3.54. The van der Waals surface area contributed by atoms with Crippen LogP contribution < -0.4 is 10.6 Å². The van der Waals surface area contributed by atoms with Crippen molar-refractivity contribution in [2.45, 2.75) is 25.4 Å². The molecular formula is C14H20F2N2O. The summed E-state index contributed by atoms with van der Waals surface area (Å²) in [6.07, 6.45) is 2.33. The minimum atomic E-state index is -0.514. The SMILES string of the molecule is COC1CCCN(c2c(F)cc(CCN)cc2F)C1. The van der Waals surface area contributed by atoms with Gasteiger partial charge in [-0.15, -0.1) is 0 Å². The summed E-state index contributed by atoms with van der Waals surface area (Å²) in [5.74, 6) is -1.03. The molecular weight excluding hydrogens is 250 g/mol. The number of rotatable bonds is 4. The molecule has 0 aromatic heterocycles. The summed E-state index contributed by atoms with van der Waals surface area (Å²) in [6, 6.07) is 2.75. The van der Waals surface area contributed by atoms with Gasteiger partial charge in [-0.3, -0.25) is 0 Å². The van der Waals surface area contributed by atoms with Crippen LogP contribution in [-0.4, -0.2) is 32.8 Å². The molecule has 2 N–H and O–H groups in total. The minimum absolute atomic E-state index is 0.0382. The van der Waals surface area contributed by atoms with Crippen LogP contribution in [0.3, 0.4) is 0 Å². The van der Waals surface area contributed by atoms with Crippen LogP contribution in [0.5, 0.6) is 0 Å². The van der Waals surface area contributed by atoms with E-state index in [1.807, 2.05) is 0 Å². The number of piperidine rings is 1. The van der Waals surface area contributed by atoms with E-state index in [0.29, 0.717) is 31.6 Å². The van der Waals surface area contributed by atoms with E-state index in [-0.39, 0.29) is 11.8 Å². The highest BCUT2D eigenvalue weighted by atomic mass is 19.1. The minimum Gasteiger partial charge on any atom is -0.380 e. The number of nitrogens with zero attached hydrogens (tertiary/aromatic N) is 1. The molecule has 2 rings (SSSR count). The highest BCUT2D eigenvalue weighted by Gasteiger charge is 2.24. The summed E-state index contributed by atoms with van der Waals surface area (Å²) >= 11 is 0. The first-order valence-electron chi connectivity index (χ1n) is 6.61. The Morgan fingerprint density at radius 2 is 2.05 bits per heavy atom. The van der Waals surface area contributed by atoms with Crippen molar-refractivity contribution in [1.82, 2.24) is 0 Å². The molecule has 3 nitrogen and oxygen atoms in total. The first kappa shape index (κ1) is 14.2. The molecule has 1 saturated heterocycles. The number of hydrogen-bond acceptors (Lipinski definition) is 3. The smallest absolute Gasteiger partial charge is 0.149 e. The highest BCUT2D eigenvalue weighted by Crippen LogP contribution is 2.28. The van der Waals surface area contributed by atoms with Gasteiger partial charge in [0.2, 0.25) is 0 Å². The van der Waals surface area contributed by atoms with Gasteiger partial charge in [0, 0.05) is 20.2 Å². The predicted molar refractivity (Wildman–Crippen MR) is 71.4 cm³/mol. The van der Waals surface area contributed by atoms with E-state index in [1.165, 1.54) is 12.1 Å². The largest absolute Gasteiger partial charge is 0.380 e. The second-order valence-corrected chi connectivity index (χ2v) is 4.89. The van der Waals surface area contributed by atoms with Gasteiger partial charge in [0.25, 0.3) is 0 Å². The monoisotopic (exact) mass is 270 g/mol. The van der Waals surface area contributed by atoms with Gasteiger partial charge in [0.1, 0.15) is 17.3 Å². The maximum atomic E-state index is 14.1. The summed E-state index contributed by atoms with van der Waals surface area (Å²) in [7, 11) is 1.63. The highest BCUT2D eigenvalue weighted by molar-refractivity contribution is 5.51. The zero-order chi connectivity index (χ0) is 13.8. The van der Waals surface area contributed by atoms with Gasteiger partial charge in [-0.1, -0.05) is 0 Å². The summed E-state index contributed by atoms with van der Waals surface area (Å²) < 4.78 is 33.5. The Hall–Kier alpha value is -1.20. The van der Waals surface area contributed by atoms with Crippen LogP contribution in [0.2, 0.25) is 0 Å². The molecule has 19 heavy (non-hydrogen) atoms. The molecule has 0 aliphatic carbocycles. The van der Waals surface area contributed by atoms with Crippen LogP contribution in [0.15, 0.2) is 12.1 Å². The lowest BCUT2D eigenvalue weighted by Crippen LogP contribution is -2.40. The molecule has 0 spiro atoms. The molecule has 1 heterocycles. The molecule has 0 amide bonds. The number of nitrogens with two attached hydrogens (primary N) is 1. The van der Waals surface area contributed by atoms with Crippen molar-refractivity contribution in [3.63, 3.8) is 0 Å². The normalized spacial score (nSPS) is 19.8. The Balaban J connectivity index is 2.24. The molecule has 1 aromatic rings. The number of methoxy groups -OCH3 is 1. The van der Waals surface area contributed by atoms with E-state index in [2.05, 4.69) is 0 Å². The van der Waals surface area contributed by atoms with Crippen LogP contribution in [0.4, 0.5) is 14.5 Å². The quantitative estimate of drug-likeness (QED) is 0.910.